The summed E-state index contributed by atoms with van der Waals surface area (Å²) in [7, 11) is 0. The Hall–Kier alpha value is -0.770. The number of carbonyl (C=O) groups excluding carboxylic acids is 1. The standard InChI is InChI=1S/C16H30N2O2/c1-16(2,3)20-15(19)18-14(13-8-9-13)11-17-10-12-6-4-5-7-12/h12-14,17H,4-11H2,1-3H3,(H,18,19). The van der Waals surface area contributed by atoms with Gasteiger partial charge in [-0.3, -0.25) is 0 Å². The molecule has 4 heteroatoms. The fraction of sp³-hybridized carbons (Fsp3) is 0.938. The molecule has 0 saturated heterocycles. The summed E-state index contributed by atoms with van der Waals surface area (Å²) in [5.41, 5.74) is -0.421. The first-order valence-electron chi connectivity index (χ1n) is 8.14. The molecule has 2 fully saturated rings. The van der Waals surface area contributed by atoms with Crippen molar-refractivity contribution in [1.82, 2.24) is 10.6 Å². The van der Waals surface area contributed by atoms with Gasteiger partial charge >= 0.3 is 6.09 Å². The molecule has 2 rings (SSSR count). The smallest absolute Gasteiger partial charge is 0.407 e. The number of hydrogen-bond acceptors (Lipinski definition) is 3. The molecule has 0 aromatic heterocycles. The number of alkyl carbamates (subject to hydrolysis) is 1. The molecule has 1 unspecified atom stereocenters. The van der Waals surface area contributed by atoms with Gasteiger partial charge in [0, 0.05) is 12.6 Å². The number of rotatable bonds is 6. The Balaban J connectivity index is 1.68. The van der Waals surface area contributed by atoms with E-state index in [0.29, 0.717) is 5.92 Å². The van der Waals surface area contributed by atoms with Crippen molar-refractivity contribution in [1.29, 1.82) is 0 Å². The Morgan fingerprint density at radius 3 is 2.40 bits per heavy atom. The molecule has 0 heterocycles. The van der Waals surface area contributed by atoms with Crippen LogP contribution >= 0.6 is 0 Å². The van der Waals surface area contributed by atoms with Crippen LogP contribution < -0.4 is 10.6 Å². The topological polar surface area (TPSA) is 50.4 Å². The summed E-state index contributed by atoms with van der Waals surface area (Å²) in [4.78, 5) is 11.9. The van der Waals surface area contributed by atoms with Gasteiger partial charge in [0.2, 0.25) is 0 Å². The molecule has 1 atom stereocenters. The molecule has 2 saturated carbocycles. The highest BCUT2D eigenvalue weighted by Crippen LogP contribution is 2.32. The van der Waals surface area contributed by atoms with E-state index in [0.717, 1.165) is 19.0 Å². The summed E-state index contributed by atoms with van der Waals surface area (Å²) in [6.07, 6.45) is 7.67. The zero-order chi connectivity index (χ0) is 14.6. The van der Waals surface area contributed by atoms with E-state index in [1.54, 1.807) is 0 Å². The fourth-order valence-corrected chi connectivity index (χ4v) is 2.95. The highest BCUT2D eigenvalue weighted by atomic mass is 16.6. The molecule has 20 heavy (non-hydrogen) atoms. The maximum atomic E-state index is 11.9. The van der Waals surface area contributed by atoms with Crippen LogP contribution in [0.25, 0.3) is 0 Å². The molecule has 0 radical (unpaired) electrons. The minimum Gasteiger partial charge on any atom is -0.444 e. The van der Waals surface area contributed by atoms with E-state index in [2.05, 4.69) is 10.6 Å². The molecule has 2 N–H and O–H groups in total. The molecule has 4 nitrogen and oxygen atoms in total. The zero-order valence-electron chi connectivity index (χ0n) is 13.2. The molecule has 2 aliphatic rings. The lowest BCUT2D eigenvalue weighted by atomic mass is 10.1. The number of amides is 1. The molecule has 116 valence electrons. The number of carbonyl (C=O) groups is 1. The van der Waals surface area contributed by atoms with Crippen LogP contribution in [0.3, 0.4) is 0 Å². The van der Waals surface area contributed by atoms with Crippen molar-refractivity contribution in [2.45, 2.75) is 70.9 Å². The molecule has 0 aromatic rings. The maximum Gasteiger partial charge on any atom is 0.407 e. The molecule has 0 spiro atoms. The van der Waals surface area contributed by atoms with Crippen LogP contribution in [-0.4, -0.2) is 30.8 Å². The van der Waals surface area contributed by atoms with Crippen LogP contribution in [0.2, 0.25) is 0 Å². The molecular weight excluding hydrogens is 252 g/mol. The van der Waals surface area contributed by atoms with Gasteiger partial charge in [0.05, 0.1) is 0 Å². The number of ether oxygens (including phenoxy) is 1. The van der Waals surface area contributed by atoms with Crippen LogP contribution in [0.4, 0.5) is 4.79 Å². The first-order chi connectivity index (χ1) is 9.44. The number of hydrogen-bond donors (Lipinski definition) is 2. The van der Waals surface area contributed by atoms with Crippen molar-refractivity contribution < 1.29 is 9.53 Å². The normalized spacial score (nSPS) is 21.8. The van der Waals surface area contributed by atoms with Gasteiger partial charge in [0.1, 0.15) is 5.60 Å². The lowest BCUT2D eigenvalue weighted by molar-refractivity contribution is 0.0497. The highest BCUT2D eigenvalue weighted by Gasteiger charge is 2.33. The Bertz CT molecular complexity index is 315. The monoisotopic (exact) mass is 282 g/mol. The summed E-state index contributed by atoms with van der Waals surface area (Å²) >= 11 is 0. The lowest BCUT2D eigenvalue weighted by Gasteiger charge is -2.24. The second-order valence-electron chi connectivity index (χ2n) is 7.40. The lowest BCUT2D eigenvalue weighted by Crippen LogP contribution is -2.46. The predicted molar refractivity (Wildman–Crippen MR) is 80.7 cm³/mol. The summed E-state index contributed by atoms with van der Waals surface area (Å²) in [6.45, 7) is 7.67. The maximum absolute atomic E-state index is 11.9. The fourth-order valence-electron chi connectivity index (χ4n) is 2.95. The third-order valence-electron chi connectivity index (χ3n) is 4.17. The van der Waals surface area contributed by atoms with Crippen molar-refractivity contribution in [3.8, 4) is 0 Å². The van der Waals surface area contributed by atoms with Gasteiger partial charge in [-0.2, -0.15) is 0 Å². The predicted octanol–water partition coefficient (Wildman–Crippen LogP) is 3.07. The number of nitrogens with one attached hydrogen (secondary N) is 2. The van der Waals surface area contributed by atoms with Gasteiger partial charge in [0.25, 0.3) is 0 Å². The largest absolute Gasteiger partial charge is 0.444 e. The summed E-state index contributed by atoms with van der Waals surface area (Å²) in [5.74, 6) is 1.48. The van der Waals surface area contributed by atoms with Crippen LogP contribution in [0, 0.1) is 11.8 Å². The Morgan fingerprint density at radius 1 is 1.20 bits per heavy atom. The van der Waals surface area contributed by atoms with Gasteiger partial charge in [-0.15, -0.1) is 0 Å². The van der Waals surface area contributed by atoms with Crippen LogP contribution in [-0.2, 0) is 4.74 Å². The van der Waals surface area contributed by atoms with Crippen molar-refractivity contribution >= 4 is 6.09 Å². The second kappa shape index (κ2) is 6.79. The van der Waals surface area contributed by atoms with E-state index in [1.807, 2.05) is 20.8 Å². The highest BCUT2D eigenvalue weighted by molar-refractivity contribution is 5.68. The van der Waals surface area contributed by atoms with Gasteiger partial charge < -0.3 is 15.4 Å². The molecule has 0 aromatic carbocycles. The van der Waals surface area contributed by atoms with Crippen LogP contribution in [0.5, 0.6) is 0 Å². The van der Waals surface area contributed by atoms with E-state index >= 15 is 0 Å². The van der Waals surface area contributed by atoms with E-state index in [-0.39, 0.29) is 12.1 Å². The molecular formula is C16H30N2O2. The zero-order valence-corrected chi connectivity index (χ0v) is 13.2. The van der Waals surface area contributed by atoms with E-state index in [1.165, 1.54) is 38.5 Å². The van der Waals surface area contributed by atoms with Gasteiger partial charge in [0.15, 0.2) is 0 Å². The van der Waals surface area contributed by atoms with Crippen molar-refractivity contribution in [3.05, 3.63) is 0 Å². The van der Waals surface area contributed by atoms with Crippen LogP contribution in [0.1, 0.15) is 59.3 Å². The minimum atomic E-state index is -0.421. The molecule has 0 bridgehead atoms. The van der Waals surface area contributed by atoms with E-state index in [4.69, 9.17) is 4.74 Å². The second-order valence-corrected chi connectivity index (χ2v) is 7.40. The Labute approximate surface area is 123 Å². The summed E-state index contributed by atoms with van der Waals surface area (Å²) in [5, 5.41) is 6.58. The van der Waals surface area contributed by atoms with Gasteiger partial charge in [-0.25, -0.2) is 4.79 Å². The van der Waals surface area contributed by atoms with E-state index in [9.17, 15) is 4.79 Å². The van der Waals surface area contributed by atoms with Crippen LogP contribution in [0.15, 0.2) is 0 Å². The minimum absolute atomic E-state index is 0.228. The van der Waals surface area contributed by atoms with E-state index < -0.39 is 5.60 Å². The third-order valence-corrected chi connectivity index (χ3v) is 4.17. The molecule has 0 aliphatic heterocycles. The molecule has 1 amide bonds. The van der Waals surface area contributed by atoms with Gasteiger partial charge in [-0.05, 0) is 64.8 Å². The quantitative estimate of drug-likeness (QED) is 0.787. The first kappa shape index (κ1) is 15.6. The third kappa shape index (κ3) is 5.70. The van der Waals surface area contributed by atoms with Gasteiger partial charge in [-0.1, -0.05) is 12.8 Å². The SMILES string of the molecule is CC(C)(C)OC(=O)NC(CNCC1CCCC1)C1CC1. The average Bonchev–Trinajstić information content (AvgIpc) is 3.04. The Morgan fingerprint density at radius 2 is 1.85 bits per heavy atom. The average molecular weight is 282 g/mol. The Kier molecular flexibility index (Phi) is 5.30. The summed E-state index contributed by atoms with van der Waals surface area (Å²) in [6, 6.07) is 0.228. The van der Waals surface area contributed by atoms with Crippen molar-refractivity contribution in [2.24, 2.45) is 11.8 Å². The van der Waals surface area contributed by atoms with Crippen molar-refractivity contribution in [2.75, 3.05) is 13.1 Å². The summed E-state index contributed by atoms with van der Waals surface area (Å²) < 4.78 is 5.35. The van der Waals surface area contributed by atoms with Crippen molar-refractivity contribution in [3.63, 3.8) is 0 Å². The first-order valence-corrected chi connectivity index (χ1v) is 8.14. The molecule has 2 aliphatic carbocycles.